The summed E-state index contributed by atoms with van der Waals surface area (Å²) in [5, 5.41) is 2.06. The SMILES string of the molecule is CC1(C)CC1C(=O)c1cccc2cnccc12. The number of ketones is 1. The Morgan fingerprint density at radius 3 is 2.82 bits per heavy atom. The molecule has 1 heterocycles. The topological polar surface area (TPSA) is 30.0 Å². The molecule has 1 fully saturated rings. The number of rotatable bonds is 2. The summed E-state index contributed by atoms with van der Waals surface area (Å²) >= 11 is 0. The lowest BCUT2D eigenvalue weighted by atomic mass is 9.97. The first kappa shape index (κ1) is 10.5. The predicted octanol–water partition coefficient (Wildman–Crippen LogP) is 3.46. The Labute approximate surface area is 101 Å². The van der Waals surface area contributed by atoms with Crippen LogP contribution in [0.2, 0.25) is 0 Å². The van der Waals surface area contributed by atoms with E-state index in [1.165, 1.54) is 0 Å². The zero-order chi connectivity index (χ0) is 12.0. The van der Waals surface area contributed by atoms with Crippen molar-refractivity contribution >= 4 is 16.6 Å². The number of carbonyl (C=O) groups is 1. The zero-order valence-corrected chi connectivity index (χ0v) is 10.1. The van der Waals surface area contributed by atoms with E-state index in [1.54, 1.807) is 6.20 Å². The maximum Gasteiger partial charge on any atom is 0.167 e. The molecule has 2 aromatic rings. The number of benzene rings is 1. The Kier molecular flexibility index (Phi) is 2.09. The Balaban J connectivity index is 2.09. The second kappa shape index (κ2) is 3.39. The molecule has 0 bridgehead atoms. The highest BCUT2D eigenvalue weighted by Gasteiger charge is 2.50. The van der Waals surface area contributed by atoms with Crippen LogP contribution in [-0.4, -0.2) is 10.8 Å². The summed E-state index contributed by atoms with van der Waals surface area (Å²) in [5.41, 5.74) is 1.03. The minimum absolute atomic E-state index is 0.187. The highest BCUT2D eigenvalue weighted by atomic mass is 16.1. The van der Waals surface area contributed by atoms with Gasteiger partial charge in [0.1, 0.15) is 0 Å². The average molecular weight is 225 g/mol. The lowest BCUT2D eigenvalue weighted by molar-refractivity contribution is 0.0955. The Morgan fingerprint density at radius 2 is 2.12 bits per heavy atom. The molecule has 2 nitrogen and oxygen atoms in total. The second-order valence-corrected chi connectivity index (χ2v) is 5.51. The molecule has 1 unspecified atom stereocenters. The van der Waals surface area contributed by atoms with Crippen LogP contribution in [0.25, 0.3) is 10.8 Å². The van der Waals surface area contributed by atoms with Crippen LogP contribution in [0.5, 0.6) is 0 Å². The van der Waals surface area contributed by atoms with Gasteiger partial charge >= 0.3 is 0 Å². The largest absolute Gasteiger partial charge is 0.294 e. The van der Waals surface area contributed by atoms with Crippen molar-refractivity contribution in [1.29, 1.82) is 0 Å². The quantitative estimate of drug-likeness (QED) is 0.732. The molecule has 17 heavy (non-hydrogen) atoms. The van der Waals surface area contributed by atoms with Gasteiger partial charge in [0.25, 0.3) is 0 Å². The fraction of sp³-hybridized carbons (Fsp3) is 0.333. The summed E-state index contributed by atoms with van der Waals surface area (Å²) in [7, 11) is 0. The Hall–Kier alpha value is -1.70. The number of carbonyl (C=O) groups excluding carboxylic acids is 1. The lowest BCUT2D eigenvalue weighted by Gasteiger charge is -2.06. The van der Waals surface area contributed by atoms with E-state index in [9.17, 15) is 4.79 Å². The van der Waals surface area contributed by atoms with Gasteiger partial charge in [-0.15, -0.1) is 0 Å². The Morgan fingerprint density at radius 1 is 1.35 bits per heavy atom. The van der Waals surface area contributed by atoms with E-state index in [0.29, 0.717) is 0 Å². The molecule has 0 N–H and O–H groups in total. The van der Waals surface area contributed by atoms with Crippen LogP contribution < -0.4 is 0 Å². The van der Waals surface area contributed by atoms with E-state index in [-0.39, 0.29) is 17.1 Å². The third-order valence-corrected chi connectivity index (χ3v) is 3.78. The van der Waals surface area contributed by atoms with Gasteiger partial charge in [-0.1, -0.05) is 32.0 Å². The minimum atomic E-state index is 0.187. The molecule has 1 saturated carbocycles. The third-order valence-electron chi connectivity index (χ3n) is 3.78. The lowest BCUT2D eigenvalue weighted by Crippen LogP contribution is -2.07. The number of pyridine rings is 1. The molecular formula is C15H15NO. The molecule has 0 saturated heterocycles. The van der Waals surface area contributed by atoms with Gasteiger partial charge in [-0.2, -0.15) is 0 Å². The molecule has 1 aromatic heterocycles. The molecule has 1 aromatic carbocycles. The van der Waals surface area contributed by atoms with Crippen molar-refractivity contribution in [2.45, 2.75) is 20.3 Å². The summed E-state index contributed by atoms with van der Waals surface area (Å²) in [6.07, 6.45) is 4.56. The molecule has 86 valence electrons. The maximum atomic E-state index is 12.4. The van der Waals surface area contributed by atoms with Crippen LogP contribution in [0.15, 0.2) is 36.7 Å². The number of hydrogen-bond acceptors (Lipinski definition) is 2. The fourth-order valence-electron chi connectivity index (χ4n) is 2.44. The molecule has 0 amide bonds. The standard InChI is InChI=1S/C15H15NO/c1-15(2)8-13(15)14(17)12-5-3-4-10-9-16-7-6-11(10)12/h3-7,9,13H,8H2,1-2H3. The van der Waals surface area contributed by atoms with Crippen LogP contribution >= 0.6 is 0 Å². The van der Waals surface area contributed by atoms with E-state index < -0.39 is 0 Å². The van der Waals surface area contributed by atoms with E-state index in [4.69, 9.17) is 0 Å². The normalized spacial score (nSPS) is 21.4. The minimum Gasteiger partial charge on any atom is -0.294 e. The summed E-state index contributed by atoms with van der Waals surface area (Å²) in [4.78, 5) is 16.5. The van der Waals surface area contributed by atoms with Gasteiger partial charge < -0.3 is 0 Å². The van der Waals surface area contributed by atoms with Crippen LogP contribution in [-0.2, 0) is 0 Å². The number of aromatic nitrogens is 1. The van der Waals surface area contributed by atoms with Gasteiger partial charge in [0.2, 0.25) is 0 Å². The van der Waals surface area contributed by atoms with Crippen molar-refractivity contribution in [3.05, 3.63) is 42.2 Å². The molecule has 1 aliphatic carbocycles. The summed E-state index contributed by atoms with van der Waals surface area (Å²) in [6.45, 7) is 4.31. The van der Waals surface area contributed by atoms with Gasteiger partial charge in [-0.05, 0) is 23.3 Å². The van der Waals surface area contributed by atoms with E-state index in [2.05, 4.69) is 18.8 Å². The number of nitrogens with zero attached hydrogens (tertiary/aromatic N) is 1. The maximum absolute atomic E-state index is 12.4. The van der Waals surface area contributed by atoms with Crippen LogP contribution in [0.1, 0.15) is 30.6 Å². The monoisotopic (exact) mass is 225 g/mol. The number of Topliss-reactive ketones (excluding diaryl/α,β-unsaturated/α-hetero) is 1. The van der Waals surface area contributed by atoms with Crippen molar-refractivity contribution in [2.24, 2.45) is 11.3 Å². The van der Waals surface area contributed by atoms with Gasteiger partial charge in [0.05, 0.1) is 0 Å². The highest BCUT2D eigenvalue weighted by molar-refractivity contribution is 6.10. The van der Waals surface area contributed by atoms with E-state index >= 15 is 0 Å². The smallest absolute Gasteiger partial charge is 0.167 e. The molecule has 3 rings (SSSR count). The van der Waals surface area contributed by atoms with Gasteiger partial charge in [0, 0.05) is 29.3 Å². The first-order valence-corrected chi connectivity index (χ1v) is 5.96. The van der Waals surface area contributed by atoms with E-state index in [0.717, 1.165) is 22.8 Å². The number of fused-ring (bicyclic) bond motifs is 1. The molecule has 1 aliphatic rings. The summed E-state index contributed by atoms with van der Waals surface area (Å²) in [6, 6.07) is 7.79. The predicted molar refractivity (Wildman–Crippen MR) is 68.0 cm³/mol. The van der Waals surface area contributed by atoms with Crippen LogP contribution in [0.3, 0.4) is 0 Å². The van der Waals surface area contributed by atoms with Crippen molar-refractivity contribution in [1.82, 2.24) is 4.98 Å². The van der Waals surface area contributed by atoms with Crippen molar-refractivity contribution in [2.75, 3.05) is 0 Å². The second-order valence-electron chi connectivity index (χ2n) is 5.51. The zero-order valence-electron chi connectivity index (χ0n) is 10.1. The molecule has 1 atom stereocenters. The third kappa shape index (κ3) is 1.64. The van der Waals surface area contributed by atoms with Gasteiger partial charge in [-0.25, -0.2) is 0 Å². The molecule has 0 spiro atoms. The van der Waals surface area contributed by atoms with Crippen molar-refractivity contribution in [3.8, 4) is 0 Å². The highest BCUT2D eigenvalue weighted by Crippen LogP contribution is 2.53. The van der Waals surface area contributed by atoms with Gasteiger partial charge in [-0.3, -0.25) is 9.78 Å². The fourth-order valence-corrected chi connectivity index (χ4v) is 2.44. The van der Waals surface area contributed by atoms with Gasteiger partial charge in [0.15, 0.2) is 5.78 Å². The van der Waals surface area contributed by atoms with E-state index in [1.807, 2.05) is 30.5 Å². The molecular weight excluding hydrogens is 210 g/mol. The van der Waals surface area contributed by atoms with Crippen molar-refractivity contribution in [3.63, 3.8) is 0 Å². The van der Waals surface area contributed by atoms with Crippen LogP contribution in [0, 0.1) is 11.3 Å². The van der Waals surface area contributed by atoms with Crippen molar-refractivity contribution < 1.29 is 4.79 Å². The first-order valence-electron chi connectivity index (χ1n) is 5.96. The summed E-state index contributed by atoms with van der Waals surface area (Å²) < 4.78 is 0. The molecule has 0 aliphatic heterocycles. The molecule has 0 radical (unpaired) electrons. The summed E-state index contributed by atoms with van der Waals surface area (Å²) in [5.74, 6) is 0.480. The van der Waals surface area contributed by atoms with Crippen LogP contribution in [0.4, 0.5) is 0 Å². The average Bonchev–Trinajstić information content (AvgIpc) is 2.97. The first-order chi connectivity index (χ1) is 8.09. The molecule has 2 heteroatoms. The Bertz CT molecular complexity index is 595. The number of hydrogen-bond donors (Lipinski definition) is 0.